The first kappa shape index (κ1) is 49.8. The quantitative estimate of drug-likeness (QED) is 0.0405. The molecule has 0 radical (unpaired) electrons. The van der Waals surface area contributed by atoms with E-state index in [0.717, 1.165) is 27.1 Å². The van der Waals surface area contributed by atoms with Gasteiger partial charge in [0.1, 0.15) is 11.0 Å². The standard InChI is InChI=1S/C21H22N2O3.C13H15NO3.C8H9NO.C6H5N3O/c1-14-11-16(9-10-19(14)22-3)12-18(15(2)24)21(26)23-13-20(25)17-7-5-4-6-8-17;1-8-6-10(4-5-12(8)14-3)7-11(9(2)15)13(16)17;9-6-8(10)7-4-2-1-3-5-7;10-9-6-4-2-1-3-5(6)7-8-9/h4-11,15,18,24H,12-13H2,1-2H3,(H,23,26);4-6,9,11,15H,7H2,1-2H3,(H,16,17);1-5H,6,9H2;1-4,10H/t15-,18+;9-,11+;;/m00../s1. The highest BCUT2D eigenvalue weighted by Gasteiger charge is 2.25. The summed E-state index contributed by atoms with van der Waals surface area (Å²) in [5, 5.41) is 47.0. The van der Waals surface area contributed by atoms with Crippen LogP contribution in [0.3, 0.4) is 0 Å². The molecule has 0 aliphatic heterocycles. The van der Waals surface area contributed by atoms with Gasteiger partial charge >= 0.3 is 5.97 Å². The zero-order chi connectivity index (χ0) is 46.5. The molecule has 0 aliphatic rings. The molecule has 6 aromatic rings. The zero-order valence-corrected chi connectivity index (χ0v) is 35.4. The largest absolute Gasteiger partial charge is 0.481 e. The molecule has 7 N–H and O–H groups in total. The predicted molar refractivity (Wildman–Crippen MR) is 239 cm³/mol. The van der Waals surface area contributed by atoms with Gasteiger partial charge in [0, 0.05) is 11.1 Å². The number of carboxylic acid groups (broad SMARTS) is 1. The average molecular weight is 854 g/mol. The van der Waals surface area contributed by atoms with E-state index in [2.05, 4.69) is 25.3 Å². The molecule has 15 heteroatoms. The Kier molecular flexibility index (Phi) is 20.0. The van der Waals surface area contributed by atoms with E-state index in [9.17, 15) is 29.4 Å². The number of aliphatic carboxylic acids is 1. The van der Waals surface area contributed by atoms with Gasteiger partial charge in [-0.15, -0.1) is 5.10 Å². The monoisotopic (exact) mass is 853 g/mol. The van der Waals surface area contributed by atoms with Crippen molar-refractivity contribution in [2.75, 3.05) is 13.1 Å². The number of amides is 1. The fourth-order valence-corrected chi connectivity index (χ4v) is 6.02. The Balaban J connectivity index is 0.000000243. The molecule has 4 atom stereocenters. The molecule has 0 fully saturated rings. The third kappa shape index (κ3) is 15.8. The number of Topliss-reactive ketones (excluding diaryl/α,β-unsaturated/α-hetero) is 2. The summed E-state index contributed by atoms with van der Waals surface area (Å²) in [6, 6.07) is 35.5. The number of ketones is 2. The smallest absolute Gasteiger partial charge is 0.309 e. The van der Waals surface area contributed by atoms with Crippen LogP contribution in [0.4, 0.5) is 11.4 Å². The summed E-state index contributed by atoms with van der Waals surface area (Å²) in [5.41, 5.74) is 12.2. The molecule has 5 aromatic carbocycles. The van der Waals surface area contributed by atoms with Gasteiger partial charge in [0.25, 0.3) is 0 Å². The number of para-hydroxylation sites is 1. The Morgan fingerprint density at radius 2 is 1.16 bits per heavy atom. The van der Waals surface area contributed by atoms with Crippen LogP contribution in [0, 0.1) is 38.8 Å². The minimum absolute atomic E-state index is 0.0133. The van der Waals surface area contributed by atoms with Gasteiger partial charge in [-0.2, -0.15) is 0 Å². The van der Waals surface area contributed by atoms with Crippen LogP contribution in [0.2, 0.25) is 0 Å². The number of carbonyl (C=O) groups is 4. The molecular weight excluding hydrogens is 803 g/mol. The molecule has 15 nitrogen and oxygen atoms in total. The second kappa shape index (κ2) is 25.3. The highest BCUT2D eigenvalue weighted by molar-refractivity contribution is 5.99. The van der Waals surface area contributed by atoms with Gasteiger partial charge in [-0.3, -0.25) is 19.2 Å². The Labute approximate surface area is 366 Å². The van der Waals surface area contributed by atoms with Crippen LogP contribution in [-0.2, 0) is 22.4 Å². The van der Waals surface area contributed by atoms with Crippen molar-refractivity contribution in [2.45, 2.75) is 52.7 Å². The van der Waals surface area contributed by atoms with Crippen molar-refractivity contribution in [2.24, 2.45) is 17.6 Å². The van der Waals surface area contributed by atoms with Crippen LogP contribution >= 0.6 is 0 Å². The van der Waals surface area contributed by atoms with E-state index >= 15 is 0 Å². The lowest BCUT2D eigenvalue weighted by molar-refractivity contribution is -0.145. The fourth-order valence-electron chi connectivity index (χ4n) is 6.02. The maximum atomic E-state index is 12.5. The highest BCUT2D eigenvalue weighted by Crippen LogP contribution is 2.23. The number of nitrogens with zero attached hydrogens (tertiary/aromatic N) is 5. The number of nitrogens with two attached hydrogens (primary N) is 1. The van der Waals surface area contributed by atoms with Gasteiger partial charge in [-0.1, -0.05) is 114 Å². The summed E-state index contributed by atoms with van der Waals surface area (Å²) in [6.07, 6.45) is -1.15. The van der Waals surface area contributed by atoms with Crippen molar-refractivity contribution in [1.82, 2.24) is 20.5 Å². The van der Waals surface area contributed by atoms with E-state index in [1.54, 1.807) is 85.8 Å². The maximum absolute atomic E-state index is 12.5. The Morgan fingerprint density at radius 3 is 1.59 bits per heavy atom. The summed E-state index contributed by atoms with van der Waals surface area (Å²) in [7, 11) is 0. The van der Waals surface area contributed by atoms with E-state index in [-0.39, 0.29) is 37.0 Å². The number of rotatable bonds is 13. The fraction of sp³-hybridized carbons (Fsp3) is 0.250. The van der Waals surface area contributed by atoms with E-state index < -0.39 is 30.0 Å². The number of hydrogen-bond donors (Lipinski definition) is 6. The van der Waals surface area contributed by atoms with Gasteiger partial charge in [0.15, 0.2) is 22.9 Å². The van der Waals surface area contributed by atoms with Crippen LogP contribution in [-0.4, -0.2) is 84.4 Å². The Bertz CT molecular complexity index is 2530. The number of carboxylic acids is 1. The van der Waals surface area contributed by atoms with Crippen molar-refractivity contribution >= 4 is 45.9 Å². The third-order valence-electron chi connectivity index (χ3n) is 9.63. The van der Waals surface area contributed by atoms with Crippen molar-refractivity contribution < 1.29 is 39.7 Å². The summed E-state index contributed by atoms with van der Waals surface area (Å²) in [6.45, 7) is 20.7. The molecule has 1 amide bonds. The molecule has 326 valence electrons. The van der Waals surface area contributed by atoms with Crippen molar-refractivity contribution in [3.05, 3.63) is 178 Å². The lowest BCUT2D eigenvalue weighted by Gasteiger charge is -2.20. The van der Waals surface area contributed by atoms with E-state index in [1.165, 1.54) is 6.92 Å². The number of nitrogens with one attached hydrogen (secondary N) is 1. The minimum Gasteiger partial charge on any atom is -0.481 e. The second-order valence-electron chi connectivity index (χ2n) is 14.4. The summed E-state index contributed by atoms with van der Waals surface area (Å²) < 4.78 is 0. The first-order chi connectivity index (χ1) is 30.1. The predicted octanol–water partition coefficient (Wildman–Crippen LogP) is 6.75. The summed E-state index contributed by atoms with van der Waals surface area (Å²) in [4.78, 5) is 53.9. The van der Waals surface area contributed by atoms with Gasteiger partial charge in [0.2, 0.25) is 5.91 Å². The Hall–Kier alpha value is -7.56. The summed E-state index contributed by atoms with van der Waals surface area (Å²) in [5.74, 6) is -3.05. The van der Waals surface area contributed by atoms with Crippen LogP contribution in [0.25, 0.3) is 20.7 Å². The van der Waals surface area contributed by atoms with E-state index in [1.807, 2.05) is 56.3 Å². The Morgan fingerprint density at radius 1 is 0.698 bits per heavy atom. The molecule has 0 spiro atoms. The van der Waals surface area contributed by atoms with Crippen LogP contribution < -0.4 is 11.1 Å². The van der Waals surface area contributed by atoms with Crippen LogP contribution in [0.5, 0.6) is 0 Å². The number of carbonyl (C=O) groups excluding carboxylic acids is 3. The number of aryl methyl sites for hydroxylation is 2. The summed E-state index contributed by atoms with van der Waals surface area (Å²) >= 11 is 0. The number of hydrogen-bond acceptors (Lipinski definition) is 10. The lowest BCUT2D eigenvalue weighted by Crippen LogP contribution is -2.40. The molecule has 0 aliphatic carbocycles. The molecule has 0 unspecified atom stereocenters. The van der Waals surface area contributed by atoms with Gasteiger partial charge in [-0.25, -0.2) is 9.69 Å². The minimum atomic E-state index is -1.01. The number of aliphatic hydroxyl groups excluding tert-OH is 2. The molecule has 63 heavy (non-hydrogen) atoms. The molecule has 0 bridgehead atoms. The van der Waals surface area contributed by atoms with Crippen molar-refractivity contribution in [3.63, 3.8) is 0 Å². The number of aliphatic hydroxyl groups is 2. The van der Waals surface area contributed by atoms with Gasteiger partial charge in [0.05, 0.1) is 50.3 Å². The van der Waals surface area contributed by atoms with E-state index in [4.69, 9.17) is 29.2 Å². The molecular formula is C48H51N7O8. The second-order valence-corrected chi connectivity index (χ2v) is 14.4. The first-order valence-corrected chi connectivity index (χ1v) is 19.8. The average Bonchev–Trinajstić information content (AvgIpc) is 3.67. The molecule has 6 rings (SSSR count). The molecule has 1 heterocycles. The lowest BCUT2D eigenvalue weighted by atomic mass is 9.93. The molecule has 0 saturated carbocycles. The number of fused-ring (bicyclic) bond motifs is 1. The maximum Gasteiger partial charge on any atom is 0.309 e. The zero-order valence-electron chi connectivity index (χ0n) is 35.4. The van der Waals surface area contributed by atoms with Crippen molar-refractivity contribution in [1.29, 1.82) is 0 Å². The number of aromatic nitrogens is 3. The van der Waals surface area contributed by atoms with Crippen LogP contribution in [0.1, 0.15) is 56.8 Å². The molecule has 0 saturated heterocycles. The van der Waals surface area contributed by atoms with E-state index in [0.29, 0.717) is 40.0 Å². The third-order valence-corrected chi connectivity index (χ3v) is 9.63. The highest BCUT2D eigenvalue weighted by atomic mass is 16.5. The van der Waals surface area contributed by atoms with Gasteiger partial charge < -0.3 is 31.6 Å². The molecule has 1 aromatic heterocycles. The topological polar surface area (TPSA) is 227 Å². The SMILES string of the molecule is NCC(=O)c1ccccc1.On1nnc2ccccc21.[C-]#[N+]c1ccc(C[C@@H](C(=O)NCC(=O)c2ccccc2)[C@H](C)O)cc1C.[C-]#[N+]c1ccc(C[C@@H](C(=O)O)[C@H](C)O)cc1C. The normalized spacial score (nSPS) is 12.1. The first-order valence-electron chi connectivity index (χ1n) is 19.8. The van der Waals surface area contributed by atoms with Crippen LogP contribution in [0.15, 0.2) is 121 Å². The van der Waals surface area contributed by atoms with Gasteiger partial charge in [-0.05, 0) is 80.1 Å². The number of benzene rings is 5. The van der Waals surface area contributed by atoms with Crippen molar-refractivity contribution in [3.8, 4) is 0 Å².